The topological polar surface area (TPSA) is 0 Å². The van der Waals surface area contributed by atoms with Gasteiger partial charge in [0.2, 0.25) is 0 Å². The molecule has 0 aliphatic carbocycles. The third kappa shape index (κ3) is 4.73. The maximum atomic E-state index is 5.88. The normalized spacial score (nSPS) is 17.7. The van der Waals surface area contributed by atoms with Crippen LogP contribution in [0.15, 0.2) is 23.3 Å². The summed E-state index contributed by atoms with van der Waals surface area (Å²) in [6.07, 6.45) is 1.70. The summed E-state index contributed by atoms with van der Waals surface area (Å²) in [6.45, 7) is 7.30. The summed E-state index contributed by atoms with van der Waals surface area (Å²) in [7, 11) is 0. The molecule has 3 heteroatoms. The minimum atomic E-state index is -0.272. The quantitative estimate of drug-likeness (QED) is 0.492. The van der Waals surface area contributed by atoms with Gasteiger partial charge in [0, 0.05) is 5.03 Å². The fourth-order valence-electron chi connectivity index (χ4n) is 0.576. The number of alkyl halides is 2. The molecular formula is C8H11Cl3. The van der Waals surface area contributed by atoms with Crippen molar-refractivity contribution < 1.29 is 0 Å². The highest BCUT2D eigenvalue weighted by atomic mass is 35.5. The van der Waals surface area contributed by atoms with Crippen LogP contribution in [-0.2, 0) is 0 Å². The molecule has 0 amide bonds. The molecule has 2 unspecified atom stereocenters. The van der Waals surface area contributed by atoms with Crippen LogP contribution in [-0.4, -0.2) is 10.8 Å². The molecule has 0 rings (SSSR count). The van der Waals surface area contributed by atoms with Gasteiger partial charge < -0.3 is 0 Å². The number of allylic oxidation sites excluding steroid dienone is 3. The van der Waals surface area contributed by atoms with Crippen molar-refractivity contribution >= 4 is 34.8 Å². The molecule has 11 heavy (non-hydrogen) atoms. The maximum absolute atomic E-state index is 5.88. The smallest absolute Gasteiger partial charge is 0.0739 e. The van der Waals surface area contributed by atoms with Gasteiger partial charge in [0.05, 0.1) is 10.8 Å². The molecule has 0 heterocycles. The Morgan fingerprint density at radius 1 is 1.36 bits per heavy atom. The molecule has 0 saturated heterocycles. The number of hydrogen-bond donors (Lipinski definition) is 0. The Morgan fingerprint density at radius 2 is 1.82 bits per heavy atom. The van der Waals surface area contributed by atoms with Gasteiger partial charge >= 0.3 is 0 Å². The monoisotopic (exact) mass is 212 g/mol. The van der Waals surface area contributed by atoms with E-state index in [-0.39, 0.29) is 10.8 Å². The minimum absolute atomic E-state index is 0.245. The summed E-state index contributed by atoms with van der Waals surface area (Å²) in [5, 5.41) is 0.133. The van der Waals surface area contributed by atoms with Crippen molar-refractivity contribution in [2.24, 2.45) is 0 Å². The molecule has 0 fully saturated rings. The van der Waals surface area contributed by atoms with E-state index < -0.39 is 0 Å². The van der Waals surface area contributed by atoms with E-state index in [0.29, 0.717) is 5.03 Å². The maximum Gasteiger partial charge on any atom is 0.0739 e. The molecule has 0 aliphatic rings. The predicted molar refractivity (Wildman–Crippen MR) is 53.7 cm³/mol. The Labute approximate surface area is 82.8 Å². The van der Waals surface area contributed by atoms with Crippen molar-refractivity contribution in [3.63, 3.8) is 0 Å². The Hall–Kier alpha value is 0.350. The van der Waals surface area contributed by atoms with Crippen molar-refractivity contribution in [2.75, 3.05) is 0 Å². The molecule has 2 atom stereocenters. The molecule has 0 nitrogen and oxygen atoms in total. The largest absolute Gasteiger partial charge is 0.116 e. The zero-order valence-electron chi connectivity index (χ0n) is 6.57. The molecule has 0 N–H and O–H groups in total. The highest BCUT2D eigenvalue weighted by molar-refractivity contribution is 6.33. The van der Waals surface area contributed by atoms with Crippen molar-refractivity contribution in [3.8, 4) is 0 Å². The van der Waals surface area contributed by atoms with Gasteiger partial charge in [-0.25, -0.2) is 0 Å². The van der Waals surface area contributed by atoms with E-state index in [2.05, 4.69) is 6.58 Å². The highest BCUT2D eigenvalue weighted by Crippen LogP contribution is 2.20. The molecule has 0 aromatic carbocycles. The second-order valence-electron chi connectivity index (χ2n) is 2.45. The summed E-state index contributed by atoms with van der Waals surface area (Å²) >= 11 is 17.4. The number of hydrogen-bond acceptors (Lipinski definition) is 0. The molecule has 0 radical (unpaired) electrons. The second kappa shape index (κ2) is 5.08. The van der Waals surface area contributed by atoms with Gasteiger partial charge in [-0.2, -0.15) is 0 Å². The average molecular weight is 214 g/mol. The van der Waals surface area contributed by atoms with Crippen LogP contribution in [0.1, 0.15) is 13.8 Å². The molecule has 0 aromatic rings. The molecule has 0 saturated carbocycles. The third-order valence-corrected chi connectivity index (χ3v) is 2.42. The van der Waals surface area contributed by atoms with E-state index in [0.717, 1.165) is 5.57 Å². The van der Waals surface area contributed by atoms with Gasteiger partial charge in [0.1, 0.15) is 0 Å². The van der Waals surface area contributed by atoms with E-state index in [1.54, 1.807) is 13.0 Å². The van der Waals surface area contributed by atoms with Crippen molar-refractivity contribution in [1.82, 2.24) is 0 Å². The first-order valence-corrected chi connectivity index (χ1v) is 4.47. The van der Waals surface area contributed by atoms with Gasteiger partial charge in [0.15, 0.2) is 0 Å². The molecule has 0 bridgehead atoms. The van der Waals surface area contributed by atoms with Crippen molar-refractivity contribution in [1.29, 1.82) is 0 Å². The lowest BCUT2D eigenvalue weighted by Crippen LogP contribution is -2.13. The molecule has 0 aliphatic heterocycles. The van der Waals surface area contributed by atoms with Gasteiger partial charge in [-0.3, -0.25) is 0 Å². The van der Waals surface area contributed by atoms with Gasteiger partial charge in [-0.05, 0) is 13.8 Å². The van der Waals surface area contributed by atoms with Crippen LogP contribution in [0.25, 0.3) is 0 Å². The summed E-state index contributed by atoms with van der Waals surface area (Å²) in [5.74, 6) is 0. The third-order valence-electron chi connectivity index (χ3n) is 1.14. The van der Waals surface area contributed by atoms with E-state index in [9.17, 15) is 0 Å². The van der Waals surface area contributed by atoms with E-state index in [1.807, 2.05) is 6.92 Å². The minimum Gasteiger partial charge on any atom is -0.116 e. The van der Waals surface area contributed by atoms with Crippen LogP contribution >= 0.6 is 34.8 Å². The first-order chi connectivity index (χ1) is 4.95. The lowest BCUT2D eigenvalue weighted by Gasteiger charge is -2.11. The Kier molecular flexibility index (Phi) is 5.24. The summed E-state index contributed by atoms with van der Waals surface area (Å²) in [4.78, 5) is 0. The van der Waals surface area contributed by atoms with Gasteiger partial charge in [-0.15, -0.1) is 23.2 Å². The summed E-state index contributed by atoms with van der Waals surface area (Å²) < 4.78 is 0. The van der Waals surface area contributed by atoms with Crippen molar-refractivity contribution in [2.45, 2.75) is 24.6 Å². The summed E-state index contributed by atoms with van der Waals surface area (Å²) in [5.41, 5.74) is 0.848. The van der Waals surface area contributed by atoms with Crippen LogP contribution in [0.2, 0.25) is 0 Å². The van der Waals surface area contributed by atoms with Crippen LogP contribution in [0.4, 0.5) is 0 Å². The molecule has 0 aromatic heterocycles. The van der Waals surface area contributed by atoms with Crippen LogP contribution in [0.5, 0.6) is 0 Å². The Balaban J connectivity index is 4.14. The fraction of sp³-hybridized carbons (Fsp3) is 0.500. The van der Waals surface area contributed by atoms with Crippen LogP contribution < -0.4 is 0 Å². The standard InChI is InChI=1S/C8H11Cl3/c1-5(2)8(11)7(10)4-6(3)9/h4,7-8H,1H2,2-3H3. The van der Waals surface area contributed by atoms with E-state index in [1.165, 1.54) is 0 Å². The Bertz CT molecular complexity index is 168. The van der Waals surface area contributed by atoms with Crippen LogP contribution in [0, 0.1) is 0 Å². The molecule has 0 spiro atoms. The first kappa shape index (κ1) is 11.4. The zero-order valence-corrected chi connectivity index (χ0v) is 8.84. The van der Waals surface area contributed by atoms with E-state index >= 15 is 0 Å². The van der Waals surface area contributed by atoms with E-state index in [4.69, 9.17) is 34.8 Å². The average Bonchev–Trinajstić information content (AvgIpc) is 1.84. The second-order valence-corrected chi connectivity index (χ2v) is 4.02. The zero-order chi connectivity index (χ0) is 9.02. The lowest BCUT2D eigenvalue weighted by atomic mass is 10.2. The van der Waals surface area contributed by atoms with Gasteiger partial charge in [-0.1, -0.05) is 29.8 Å². The fourth-order valence-corrected chi connectivity index (χ4v) is 1.25. The molecule has 64 valence electrons. The first-order valence-electron chi connectivity index (χ1n) is 3.22. The van der Waals surface area contributed by atoms with Crippen LogP contribution in [0.3, 0.4) is 0 Å². The Morgan fingerprint density at radius 3 is 2.09 bits per heavy atom. The lowest BCUT2D eigenvalue weighted by molar-refractivity contribution is 0.996. The van der Waals surface area contributed by atoms with Crippen molar-refractivity contribution in [3.05, 3.63) is 23.3 Å². The SMILES string of the molecule is C=C(C)C(Cl)C(Cl)C=C(C)Cl. The highest BCUT2D eigenvalue weighted by Gasteiger charge is 2.14. The number of rotatable bonds is 3. The number of halogens is 3. The predicted octanol–water partition coefficient (Wildman–Crippen LogP) is 3.92. The molecular weight excluding hydrogens is 202 g/mol. The van der Waals surface area contributed by atoms with Gasteiger partial charge in [0.25, 0.3) is 0 Å². The summed E-state index contributed by atoms with van der Waals surface area (Å²) in [6, 6.07) is 0.